The maximum Gasteiger partial charge on any atom is 0.135 e. The van der Waals surface area contributed by atoms with Crippen molar-refractivity contribution in [2.45, 2.75) is 5.41 Å². The lowest BCUT2D eigenvalue weighted by molar-refractivity contribution is 0.669. The summed E-state index contributed by atoms with van der Waals surface area (Å²) >= 11 is 0. The Morgan fingerprint density at radius 3 is 1.66 bits per heavy atom. The number of hydrogen-bond acceptors (Lipinski definition) is 1. The van der Waals surface area contributed by atoms with Crippen LogP contribution in [0.15, 0.2) is 211 Å². The molecule has 1 heterocycles. The first-order chi connectivity index (χ1) is 28.7. The number of rotatable bonds is 4. The van der Waals surface area contributed by atoms with E-state index in [0.29, 0.717) is 0 Å². The molecule has 1 heteroatoms. The normalized spacial score (nSPS) is 13.3. The van der Waals surface area contributed by atoms with Crippen molar-refractivity contribution in [2.75, 3.05) is 0 Å². The Morgan fingerprint density at radius 1 is 0.293 bits per heavy atom. The molecule has 0 spiro atoms. The fourth-order valence-electron chi connectivity index (χ4n) is 10.5. The van der Waals surface area contributed by atoms with E-state index in [1.165, 1.54) is 98.7 Å². The van der Waals surface area contributed by atoms with Crippen LogP contribution in [0, 0.1) is 0 Å². The molecule has 1 aromatic heterocycles. The Labute approximate surface area is 335 Å². The molecule has 0 saturated heterocycles. The van der Waals surface area contributed by atoms with Gasteiger partial charge >= 0.3 is 0 Å². The summed E-state index contributed by atoms with van der Waals surface area (Å²) in [6, 6.07) is 76.7. The molecule has 0 saturated carbocycles. The fourth-order valence-corrected chi connectivity index (χ4v) is 10.5. The molecule has 268 valence electrons. The van der Waals surface area contributed by atoms with E-state index in [9.17, 15) is 0 Å². The summed E-state index contributed by atoms with van der Waals surface area (Å²) in [7, 11) is 0. The van der Waals surface area contributed by atoms with Gasteiger partial charge in [0.05, 0.1) is 5.41 Å². The van der Waals surface area contributed by atoms with Crippen molar-refractivity contribution in [2.24, 2.45) is 0 Å². The van der Waals surface area contributed by atoms with Crippen LogP contribution in [-0.4, -0.2) is 0 Å². The average molecular weight is 735 g/mol. The molecule has 0 N–H and O–H groups in total. The monoisotopic (exact) mass is 734 g/mol. The second kappa shape index (κ2) is 11.8. The third kappa shape index (κ3) is 4.31. The molecular weight excluding hydrogens is 701 g/mol. The molecule has 0 fully saturated rings. The molecule has 11 aromatic carbocycles. The van der Waals surface area contributed by atoms with E-state index in [-0.39, 0.29) is 0 Å². The van der Waals surface area contributed by atoms with Crippen molar-refractivity contribution >= 4 is 65.0 Å². The number of benzene rings is 11. The standard InChI is InChI=1S/C57H34O/c1-3-14-43(15-4-1)57(44-16-5-2-6-17-44)51-32-37(42-29-40-23-21-35-11-9-12-36-22-24-41(30-42)56(40)55(35)36)25-27-46(51)49-34-48-38(33-52(49)57)13-10-19-45(48)39-26-28-54-50(31-39)47-18-7-8-20-53(47)58-54/h1-34H. The summed E-state index contributed by atoms with van der Waals surface area (Å²) in [5, 5.41) is 12.6. The van der Waals surface area contributed by atoms with Crippen LogP contribution in [0.4, 0.5) is 0 Å². The van der Waals surface area contributed by atoms with E-state index in [1.807, 2.05) is 6.07 Å². The van der Waals surface area contributed by atoms with Gasteiger partial charge in [0.1, 0.15) is 11.2 Å². The van der Waals surface area contributed by atoms with E-state index in [4.69, 9.17) is 4.42 Å². The lowest BCUT2D eigenvalue weighted by atomic mass is 9.67. The Kier molecular flexibility index (Phi) is 6.43. The van der Waals surface area contributed by atoms with Crippen LogP contribution in [0.2, 0.25) is 0 Å². The molecule has 0 aliphatic heterocycles. The Balaban J connectivity index is 1.08. The van der Waals surface area contributed by atoms with Crippen molar-refractivity contribution in [3.8, 4) is 33.4 Å². The molecule has 58 heavy (non-hydrogen) atoms. The van der Waals surface area contributed by atoms with Crippen LogP contribution in [0.3, 0.4) is 0 Å². The largest absolute Gasteiger partial charge is 0.456 e. The average Bonchev–Trinajstić information content (AvgIpc) is 3.80. The fraction of sp³-hybridized carbons (Fsp3) is 0.0175. The van der Waals surface area contributed by atoms with E-state index in [2.05, 4.69) is 200 Å². The molecule has 0 bridgehead atoms. The topological polar surface area (TPSA) is 13.1 Å². The molecule has 0 radical (unpaired) electrons. The van der Waals surface area contributed by atoms with Crippen molar-refractivity contribution in [1.29, 1.82) is 0 Å². The predicted molar refractivity (Wildman–Crippen MR) is 243 cm³/mol. The first-order valence-electron chi connectivity index (χ1n) is 20.2. The minimum absolute atomic E-state index is 0.530. The maximum absolute atomic E-state index is 6.23. The van der Waals surface area contributed by atoms with Crippen LogP contribution in [0.5, 0.6) is 0 Å². The van der Waals surface area contributed by atoms with Crippen LogP contribution in [-0.2, 0) is 5.41 Å². The van der Waals surface area contributed by atoms with Gasteiger partial charge in [0.2, 0.25) is 0 Å². The molecule has 13 rings (SSSR count). The Bertz CT molecular complexity index is 3510. The van der Waals surface area contributed by atoms with Crippen LogP contribution in [0.25, 0.3) is 98.4 Å². The highest BCUT2D eigenvalue weighted by Gasteiger charge is 2.46. The SMILES string of the molecule is c1ccc(C2(c3ccccc3)c3cc(-c4cc5ccc6cccc7ccc(c4)c5c67)ccc3-c3cc4c(-c5ccc6oc7ccccc7c6c5)cccc4cc32)cc1. The van der Waals surface area contributed by atoms with Crippen LogP contribution < -0.4 is 0 Å². The van der Waals surface area contributed by atoms with Gasteiger partial charge in [-0.05, 0) is 147 Å². The minimum Gasteiger partial charge on any atom is -0.456 e. The van der Waals surface area contributed by atoms with E-state index in [0.717, 1.165) is 21.9 Å². The Morgan fingerprint density at radius 2 is 0.897 bits per heavy atom. The highest BCUT2D eigenvalue weighted by molar-refractivity contribution is 6.23. The first kappa shape index (κ1) is 31.7. The smallest absolute Gasteiger partial charge is 0.135 e. The van der Waals surface area contributed by atoms with Gasteiger partial charge < -0.3 is 4.42 Å². The molecule has 0 unspecified atom stereocenters. The number of furan rings is 1. The number of hydrogen-bond donors (Lipinski definition) is 0. The van der Waals surface area contributed by atoms with Gasteiger partial charge in [-0.2, -0.15) is 0 Å². The second-order valence-electron chi connectivity index (χ2n) is 16.0. The molecule has 1 nitrogen and oxygen atoms in total. The van der Waals surface area contributed by atoms with E-state index in [1.54, 1.807) is 0 Å². The molecule has 1 aliphatic carbocycles. The summed E-state index contributed by atoms with van der Waals surface area (Å²) in [5.41, 5.74) is 13.9. The second-order valence-corrected chi connectivity index (χ2v) is 16.0. The molecule has 0 atom stereocenters. The third-order valence-corrected chi connectivity index (χ3v) is 13.0. The van der Waals surface area contributed by atoms with Gasteiger partial charge in [-0.25, -0.2) is 0 Å². The summed E-state index contributed by atoms with van der Waals surface area (Å²) in [5.74, 6) is 0. The molecule has 0 amide bonds. The van der Waals surface area contributed by atoms with Crippen molar-refractivity contribution in [1.82, 2.24) is 0 Å². The van der Waals surface area contributed by atoms with Gasteiger partial charge in [-0.1, -0.05) is 158 Å². The van der Waals surface area contributed by atoms with Crippen molar-refractivity contribution in [3.63, 3.8) is 0 Å². The van der Waals surface area contributed by atoms with Gasteiger partial charge in [-0.15, -0.1) is 0 Å². The van der Waals surface area contributed by atoms with Crippen molar-refractivity contribution < 1.29 is 4.42 Å². The van der Waals surface area contributed by atoms with Gasteiger partial charge in [0, 0.05) is 10.8 Å². The zero-order valence-electron chi connectivity index (χ0n) is 31.5. The van der Waals surface area contributed by atoms with Gasteiger partial charge in [0.25, 0.3) is 0 Å². The summed E-state index contributed by atoms with van der Waals surface area (Å²) in [4.78, 5) is 0. The molecule has 1 aliphatic rings. The summed E-state index contributed by atoms with van der Waals surface area (Å²) in [6.07, 6.45) is 0. The lowest BCUT2D eigenvalue weighted by Gasteiger charge is -2.34. The Hall–Kier alpha value is -7.48. The predicted octanol–water partition coefficient (Wildman–Crippen LogP) is 15.3. The third-order valence-electron chi connectivity index (χ3n) is 13.0. The first-order valence-corrected chi connectivity index (χ1v) is 20.2. The van der Waals surface area contributed by atoms with Crippen LogP contribution >= 0.6 is 0 Å². The maximum atomic E-state index is 6.23. The molecular formula is C57H34O. The zero-order valence-corrected chi connectivity index (χ0v) is 31.5. The molecule has 12 aromatic rings. The number of fused-ring (bicyclic) bond motifs is 7. The minimum atomic E-state index is -0.530. The quantitative estimate of drug-likeness (QED) is 0.164. The highest BCUT2D eigenvalue weighted by Crippen LogP contribution is 2.58. The van der Waals surface area contributed by atoms with Crippen LogP contribution in [0.1, 0.15) is 22.3 Å². The van der Waals surface area contributed by atoms with E-state index >= 15 is 0 Å². The van der Waals surface area contributed by atoms with Gasteiger partial charge in [0.15, 0.2) is 0 Å². The lowest BCUT2D eigenvalue weighted by Crippen LogP contribution is -2.28. The van der Waals surface area contributed by atoms with E-state index < -0.39 is 5.41 Å². The number of para-hydroxylation sites is 1. The highest BCUT2D eigenvalue weighted by atomic mass is 16.3. The van der Waals surface area contributed by atoms with Gasteiger partial charge in [-0.3, -0.25) is 0 Å². The zero-order chi connectivity index (χ0) is 38.0. The summed E-state index contributed by atoms with van der Waals surface area (Å²) < 4.78 is 6.23. The summed E-state index contributed by atoms with van der Waals surface area (Å²) in [6.45, 7) is 0. The van der Waals surface area contributed by atoms with Crippen molar-refractivity contribution in [3.05, 3.63) is 229 Å².